The molecule has 0 fully saturated rings. The lowest BCUT2D eigenvalue weighted by molar-refractivity contribution is 0.0519. The second-order valence-electron chi connectivity index (χ2n) is 4.09. The van der Waals surface area contributed by atoms with Crippen LogP contribution in [0.1, 0.15) is 28.5 Å². The maximum absolute atomic E-state index is 11.5. The minimum absolute atomic E-state index is 0.203. The molecule has 1 heterocycles. The van der Waals surface area contributed by atoms with Crippen molar-refractivity contribution < 1.29 is 13.9 Å². The van der Waals surface area contributed by atoms with Gasteiger partial charge in [-0.15, -0.1) is 0 Å². The second-order valence-corrected chi connectivity index (χ2v) is 5.08. The van der Waals surface area contributed by atoms with Crippen LogP contribution in [0.4, 0.5) is 0 Å². The van der Waals surface area contributed by atoms with Crippen LogP contribution in [0, 0.1) is 13.8 Å². The third-order valence-electron chi connectivity index (χ3n) is 2.50. The highest BCUT2D eigenvalue weighted by atomic mass is 32.2. The molecule has 5 heteroatoms. The molecular formula is C14H15NO3S. The van der Waals surface area contributed by atoms with E-state index in [0.717, 1.165) is 10.5 Å². The van der Waals surface area contributed by atoms with E-state index in [2.05, 4.69) is 11.1 Å². The van der Waals surface area contributed by atoms with Gasteiger partial charge in [-0.1, -0.05) is 17.7 Å². The smallest absolute Gasteiger partial charge is 0.360 e. The molecule has 100 valence electrons. The van der Waals surface area contributed by atoms with Gasteiger partial charge in [0.05, 0.1) is 6.61 Å². The summed E-state index contributed by atoms with van der Waals surface area (Å²) in [5.41, 5.74) is 2.57. The van der Waals surface area contributed by atoms with Crippen LogP contribution < -0.4 is 0 Å². The molecule has 0 aliphatic rings. The average molecular weight is 277 g/mol. The third-order valence-corrected chi connectivity index (χ3v) is 3.54. The number of hydrogen-bond acceptors (Lipinski definition) is 5. The van der Waals surface area contributed by atoms with Crippen LogP contribution >= 0.6 is 11.8 Å². The quantitative estimate of drug-likeness (QED) is 0.799. The van der Waals surface area contributed by atoms with Crippen molar-refractivity contribution in [3.05, 3.63) is 41.3 Å². The van der Waals surface area contributed by atoms with Crippen molar-refractivity contribution in [2.75, 3.05) is 6.61 Å². The number of aryl methyl sites for hydroxylation is 2. The number of esters is 1. The van der Waals surface area contributed by atoms with Gasteiger partial charge in [-0.2, -0.15) is 4.98 Å². The van der Waals surface area contributed by atoms with Gasteiger partial charge in [0.25, 0.3) is 5.22 Å². The summed E-state index contributed by atoms with van der Waals surface area (Å²) in [7, 11) is 0. The summed E-state index contributed by atoms with van der Waals surface area (Å²) in [6, 6.07) is 6.14. The Kier molecular flexibility index (Phi) is 4.27. The van der Waals surface area contributed by atoms with Crippen LogP contribution in [-0.2, 0) is 4.74 Å². The van der Waals surface area contributed by atoms with Crippen molar-refractivity contribution in [2.45, 2.75) is 30.9 Å². The summed E-state index contributed by atoms with van der Waals surface area (Å²) < 4.78 is 10.1. The van der Waals surface area contributed by atoms with Gasteiger partial charge in [-0.05, 0) is 44.2 Å². The Hall–Kier alpha value is -1.75. The summed E-state index contributed by atoms with van der Waals surface area (Å²) in [5, 5.41) is 0.440. The first-order chi connectivity index (χ1) is 9.10. The molecule has 0 radical (unpaired) electrons. The van der Waals surface area contributed by atoms with Gasteiger partial charge >= 0.3 is 5.97 Å². The molecule has 2 rings (SSSR count). The molecule has 1 aromatic heterocycles. The van der Waals surface area contributed by atoms with Crippen molar-refractivity contribution in [1.29, 1.82) is 0 Å². The number of carbonyl (C=O) groups excluding carboxylic acids is 1. The fourth-order valence-electron chi connectivity index (χ4n) is 1.61. The molecule has 2 aromatic rings. The number of oxazole rings is 1. The molecular weight excluding hydrogens is 262 g/mol. The lowest BCUT2D eigenvalue weighted by Gasteiger charge is -2.03. The lowest BCUT2D eigenvalue weighted by atomic mass is 10.2. The van der Waals surface area contributed by atoms with Crippen molar-refractivity contribution in [3.8, 4) is 0 Å². The average Bonchev–Trinajstić information content (AvgIpc) is 2.82. The molecule has 0 aliphatic heterocycles. The van der Waals surface area contributed by atoms with Gasteiger partial charge in [0.1, 0.15) is 6.26 Å². The highest BCUT2D eigenvalue weighted by Crippen LogP contribution is 2.30. The molecule has 0 spiro atoms. The molecule has 0 N–H and O–H groups in total. The van der Waals surface area contributed by atoms with Crippen molar-refractivity contribution >= 4 is 17.7 Å². The van der Waals surface area contributed by atoms with Crippen LogP contribution in [0.15, 0.2) is 39.0 Å². The molecule has 1 aromatic carbocycles. The van der Waals surface area contributed by atoms with E-state index in [0.29, 0.717) is 11.8 Å². The minimum Gasteiger partial charge on any atom is -0.461 e. The largest absolute Gasteiger partial charge is 0.461 e. The van der Waals surface area contributed by atoms with Crippen LogP contribution in [-0.4, -0.2) is 17.6 Å². The monoisotopic (exact) mass is 277 g/mol. The first-order valence-electron chi connectivity index (χ1n) is 5.98. The molecule has 0 atom stereocenters. The van der Waals surface area contributed by atoms with Gasteiger partial charge in [0.15, 0.2) is 5.69 Å². The highest BCUT2D eigenvalue weighted by Gasteiger charge is 2.14. The summed E-state index contributed by atoms with van der Waals surface area (Å²) in [6.45, 7) is 6.16. The van der Waals surface area contributed by atoms with Crippen molar-refractivity contribution in [2.24, 2.45) is 0 Å². The van der Waals surface area contributed by atoms with Gasteiger partial charge < -0.3 is 9.15 Å². The summed E-state index contributed by atoms with van der Waals surface area (Å²) in [6.07, 6.45) is 1.32. The van der Waals surface area contributed by atoms with Gasteiger partial charge in [-0.25, -0.2) is 4.79 Å². The lowest BCUT2D eigenvalue weighted by Crippen LogP contribution is -2.04. The molecule has 0 saturated carbocycles. The van der Waals surface area contributed by atoms with Gasteiger partial charge in [0.2, 0.25) is 0 Å². The van der Waals surface area contributed by atoms with E-state index in [1.54, 1.807) is 6.92 Å². The maximum Gasteiger partial charge on any atom is 0.360 e. The van der Waals surface area contributed by atoms with E-state index in [4.69, 9.17) is 9.15 Å². The SMILES string of the molecule is CCOC(=O)c1coc(Sc2ccc(C)cc2C)n1. The maximum atomic E-state index is 11.5. The zero-order chi connectivity index (χ0) is 13.8. The fourth-order valence-corrected chi connectivity index (χ4v) is 2.40. The van der Waals surface area contributed by atoms with Crippen molar-refractivity contribution in [3.63, 3.8) is 0 Å². The molecule has 0 aliphatic carbocycles. The van der Waals surface area contributed by atoms with Crippen LogP contribution in [0.3, 0.4) is 0 Å². The van der Waals surface area contributed by atoms with Crippen LogP contribution in [0.2, 0.25) is 0 Å². The normalized spacial score (nSPS) is 10.5. The molecule has 0 amide bonds. The number of aromatic nitrogens is 1. The number of benzene rings is 1. The molecule has 0 unspecified atom stereocenters. The minimum atomic E-state index is -0.460. The first kappa shape index (κ1) is 13.7. The first-order valence-corrected chi connectivity index (χ1v) is 6.79. The van der Waals surface area contributed by atoms with E-state index in [9.17, 15) is 4.79 Å². The number of ether oxygens (including phenoxy) is 1. The van der Waals surface area contributed by atoms with Crippen molar-refractivity contribution in [1.82, 2.24) is 4.98 Å². The summed E-state index contributed by atoms with van der Waals surface area (Å²) >= 11 is 1.39. The Morgan fingerprint density at radius 2 is 2.21 bits per heavy atom. The molecule has 0 bridgehead atoms. The number of nitrogens with zero attached hydrogens (tertiary/aromatic N) is 1. The van der Waals surface area contributed by atoms with Crippen LogP contribution in [0.5, 0.6) is 0 Å². The predicted octanol–water partition coefficient (Wildman–Crippen LogP) is 3.62. The Morgan fingerprint density at radius 1 is 1.42 bits per heavy atom. The summed E-state index contributed by atoms with van der Waals surface area (Å²) in [4.78, 5) is 16.6. The highest BCUT2D eigenvalue weighted by molar-refractivity contribution is 7.99. The molecule has 19 heavy (non-hydrogen) atoms. The number of hydrogen-bond donors (Lipinski definition) is 0. The topological polar surface area (TPSA) is 52.3 Å². The zero-order valence-electron chi connectivity index (χ0n) is 11.1. The summed E-state index contributed by atoms with van der Waals surface area (Å²) in [5.74, 6) is -0.460. The van der Waals surface area contributed by atoms with E-state index in [1.165, 1.54) is 23.6 Å². The van der Waals surface area contributed by atoms with E-state index >= 15 is 0 Å². The standard InChI is InChI=1S/C14H15NO3S/c1-4-17-13(16)11-8-18-14(15-11)19-12-6-5-9(2)7-10(12)3/h5-8H,4H2,1-3H3. The van der Waals surface area contributed by atoms with E-state index in [-0.39, 0.29) is 5.69 Å². The van der Waals surface area contributed by atoms with Crippen LogP contribution in [0.25, 0.3) is 0 Å². The Morgan fingerprint density at radius 3 is 2.89 bits per heavy atom. The van der Waals surface area contributed by atoms with Gasteiger partial charge in [-0.3, -0.25) is 0 Å². The third kappa shape index (κ3) is 3.38. The van der Waals surface area contributed by atoms with Gasteiger partial charge in [0, 0.05) is 4.90 Å². The van der Waals surface area contributed by atoms with E-state index in [1.807, 2.05) is 26.0 Å². The Labute approximate surface area is 116 Å². The number of carbonyl (C=O) groups is 1. The van der Waals surface area contributed by atoms with E-state index < -0.39 is 5.97 Å². The predicted molar refractivity (Wildman–Crippen MR) is 72.5 cm³/mol. The molecule has 0 saturated heterocycles. The fraction of sp³-hybridized carbons (Fsp3) is 0.286. The molecule has 4 nitrogen and oxygen atoms in total. The second kappa shape index (κ2) is 5.93. The Bertz CT molecular complexity index is 592. The zero-order valence-corrected chi connectivity index (χ0v) is 11.9. The number of rotatable bonds is 4. The Balaban J connectivity index is 2.13.